The maximum atomic E-state index is 11.6. The molecule has 1 unspecified atom stereocenters. The Morgan fingerprint density at radius 1 is 1.41 bits per heavy atom. The molecular weight excluding hydrogens is 216 g/mol. The summed E-state index contributed by atoms with van der Waals surface area (Å²) in [6, 6.07) is 7.91. The number of rotatable bonds is 3. The lowest BCUT2D eigenvalue weighted by Crippen LogP contribution is -2.56. The Labute approximate surface area is 101 Å². The zero-order valence-corrected chi connectivity index (χ0v) is 10.0. The van der Waals surface area contributed by atoms with E-state index in [1.165, 1.54) is 5.56 Å². The lowest BCUT2D eigenvalue weighted by molar-refractivity contribution is -0.126. The number of benzene rings is 1. The third-order valence-electron chi connectivity index (χ3n) is 3.15. The fourth-order valence-corrected chi connectivity index (χ4v) is 2.06. The van der Waals surface area contributed by atoms with Crippen LogP contribution >= 0.6 is 0 Å². The number of nitrogens with one attached hydrogen (secondary N) is 1. The molecule has 0 aromatic heterocycles. The number of carbonyl (C=O) groups excluding carboxylic acids is 1. The molecule has 92 valence electrons. The van der Waals surface area contributed by atoms with Crippen molar-refractivity contribution >= 4 is 11.6 Å². The van der Waals surface area contributed by atoms with Crippen LogP contribution in [-0.2, 0) is 9.53 Å². The summed E-state index contributed by atoms with van der Waals surface area (Å²) in [5, 5.41) is 3.22. The minimum absolute atomic E-state index is 0.343. The van der Waals surface area contributed by atoms with Crippen LogP contribution in [0.3, 0.4) is 0 Å². The zero-order chi connectivity index (χ0) is 12.3. The predicted octanol–water partition coefficient (Wildman–Crippen LogP) is 1.44. The normalized spacial score (nSPS) is 24.3. The standard InChI is InChI=1S/C13H18N2O2/c1-10-3-5-11(6-4-10)15-13(12(14)16)7-2-8-17-9-13/h3-6,15H,2,7-9H2,1H3,(H2,14,16). The van der Waals surface area contributed by atoms with Crippen molar-refractivity contribution in [1.29, 1.82) is 0 Å². The fourth-order valence-electron chi connectivity index (χ4n) is 2.06. The van der Waals surface area contributed by atoms with Crippen molar-refractivity contribution in [3.05, 3.63) is 29.8 Å². The van der Waals surface area contributed by atoms with Crippen LogP contribution in [0.25, 0.3) is 0 Å². The second-order valence-electron chi connectivity index (χ2n) is 4.59. The highest BCUT2D eigenvalue weighted by molar-refractivity contribution is 5.88. The van der Waals surface area contributed by atoms with E-state index in [2.05, 4.69) is 5.32 Å². The Bertz CT molecular complexity index is 394. The van der Waals surface area contributed by atoms with Crippen LogP contribution in [0.2, 0.25) is 0 Å². The number of hydrogen-bond acceptors (Lipinski definition) is 3. The van der Waals surface area contributed by atoms with Crippen LogP contribution in [0, 0.1) is 6.92 Å². The summed E-state index contributed by atoms with van der Waals surface area (Å²) >= 11 is 0. The van der Waals surface area contributed by atoms with Crippen molar-refractivity contribution in [1.82, 2.24) is 0 Å². The van der Waals surface area contributed by atoms with E-state index in [4.69, 9.17) is 10.5 Å². The molecule has 17 heavy (non-hydrogen) atoms. The molecule has 1 aliphatic rings. The molecule has 0 bridgehead atoms. The van der Waals surface area contributed by atoms with E-state index in [0.29, 0.717) is 13.2 Å². The number of carbonyl (C=O) groups is 1. The maximum Gasteiger partial charge on any atom is 0.245 e. The van der Waals surface area contributed by atoms with E-state index in [9.17, 15) is 4.79 Å². The highest BCUT2D eigenvalue weighted by Gasteiger charge is 2.38. The second-order valence-corrected chi connectivity index (χ2v) is 4.59. The van der Waals surface area contributed by atoms with E-state index in [1.807, 2.05) is 31.2 Å². The van der Waals surface area contributed by atoms with Crippen molar-refractivity contribution in [3.8, 4) is 0 Å². The van der Waals surface area contributed by atoms with Gasteiger partial charge in [0.2, 0.25) is 5.91 Å². The second kappa shape index (κ2) is 4.75. The third kappa shape index (κ3) is 2.58. The summed E-state index contributed by atoms with van der Waals surface area (Å²) in [5.41, 5.74) is 6.83. The molecular formula is C13H18N2O2. The summed E-state index contributed by atoms with van der Waals surface area (Å²) in [6.45, 7) is 3.07. The molecule has 4 nitrogen and oxygen atoms in total. The molecule has 4 heteroatoms. The molecule has 1 aliphatic heterocycles. The summed E-state index contributed by atoms with van der Waals surface area (Å²) in [4.78, 5) is 11.6. The van der Waals surface area contributed by atoms with Gasteiger partial charge in [0.25, 0.3) is 0 Å². The highest BCUT2D eigenvalue weighted by atomic mass is 16.5. The molecule has 0 aliphatic carbocycles. The zero-order valence-electron chi connectivity index (χ0n) is 10.0. The average molecular weight is 234 g/mol. The molecule has 0 spiro atoms. The van der Waals surface area contributed by atoms with E-state index in [1.54, 1.807) is 0 Å². The summed E-state index contributed by atoms with van der Waals surface area (Å²) in [7, 11) is 0. The van der Waals surface area contributed by atoms with Crippen molar-refractivity contribution in [2.45, 2.75) is 25.3 Å². The summed E-state index contributed by atoms with van der Waals surface area (Å²) in [5.74, 6) is -0.349. The van der Waals surface area contributed by atoms with E-state index < -0.39 is 5.54 Å². The van der Waals surface area contributed by atoms with Crippen molar-refractivity contribution < 1.29 is 9.53 Å². The van der Waals surface area contributed by atoms with Gasteiger partial charge in [-0.15, -0.1) is 0 Å². The van der Waals surface area contributed by atoms with Crippen LogP contribution < -0.4 is 11.1 Å². The molecule has 0 saturated carbocycles. The number of primary amides is 1. The number of hydrogen-bond donors (Lipinski definition) is 2. The predicted molar refractivity (Wildman–Crippen MR) is 66.8 cm³/mol. The molecule has 1 fully saturated rings. The van der Waals surface area contributed by atoms with Gasteiger partial charge in [0.05, 0.1) is 6.61 Å². The molecule has 1 saturated heterocycles. The first kappa shape index (κ1) is 11.9. The van der Waals surface area contributed by atoms with Crippen molar-refractivity contribution in [2.75, 3.05) is 18.5 Å². The van der Waals surface area contributed by atoms with Gasteiger partial charge < -0.3 is 15.8 Å². The maximum absolute atomic E-state index is 11.6. The quantitative estimate of drug-likeness (QED) is 0.831. The topological polar surface area (TPSA) is 64.3 Å². The van der Waals surface area contributed by atoms with Crippen LogP contribution in [0.1, 0.15) is 18.4 Å². The Morgan fingerprint density at radius 2 is 2.12 bits per heavy atom. The van der Waals surface area contributed by atoms with Gasteiger partial charge in [-0.2, -0.15) is 0 Å². The first-order chi connectivity index (χ1) is 8.12. The summed E-state index contributed by atoms with van der Waals surface area (Å²) < 4.78 is 5.38. The van der Waals surface area contributed by atoms with Gasteiger partial charge in [-0.3, -0.25) is 4.79 Å². The first-order valence-corrected chi connectivity index (χ1v) is 5.85. The molecule has 1 heterocycles. The fraction of sp³-hybridized carbons (Fsp3) is 0.462. The van der Waals surface area contributed by atoms with Gasteiger partial charge in [-0.25, -0.2) is 0 Å². The Morgan fingerprint density at radius 3 is 2.65 bits per heavy atom. The van der Waals surface area contributed by atoms with Gasteiger partial charge in [0.15, 0.2) is 0 Å². The van der Waals surface area contributed by atoms with Gasteiger partial charge in [0.1, 0.15) is 5.54 Å². The van der Waals surface area contributed by atoms with Gasteiger partial charge in [-0.05, 0) is 31.9 Å². The molecule has 1 atom stereocenters. The largest absolute Gasteiger partial charge is 0.378 e. The SMILES string of the molecule is Cc1ccc(NC2(C(N)=O)CCCOC2)cc1. The average Bonchev–Trinajstić information content (AvgIpc) is 2.33. The number of amides is 1. The Hall–Kier alpha value is -1.55. The molecule has 0 radical (unpaired) electrons. The van der Waals surface area contributed by atoms with Gasteiger partial charge in [-0.1, -0.05) is 17.7 Å². The molecule has 2 rings (SSSR count). The monoisotopic (exact) mass is 234 g/mol. The molecule has 1 aromatic carbocycles. The van der Waals surface area contributed by atoms with Gasteiger partial charge >= 0.3 is 0 Å². The Balaban J connectivity index is 2.17. The van der Waals surface area contributed by atoms with Crippen LogP contribution in [0.4, 0.5) is 5.69 Å². The summed E-state index contributed by atoms with van der Waals surface area (Å²) in [6.07, 6.45) is 1.57. The van der Waals surface area contributed by atoms with Gasteiger partial charge in [0, 0.05) is 12.3 Å². The molecule has 1 amide bonds. The van der Waals surface area contributed by atoms with Crippen molar-refractivity contribution in [3.63, 3.8) is 0 Å². The van der Waals surface area contributed by atoms with Crippen LogP contribution in [0.15, 0.2) is 24.3 Å². The van der Waals surface area contributed by atoms with Crippen LogP contribution in [-0.4, -0.2) is 24.7 Å². The van der Waals surface area contributed by atoms with Crippen LogP contribution in [0.5, 0.6) is 0 Å². The number of ether oxygens (including phenoxy) is 1. The van der Waals surface area contributed by atoms with E-state index in [0.717, 1.165) is 18.5 Å². The lowest BCUT2D eigenvalue weighted by Gasteiger charge is -2.35. The Kier molecular flexibility index (Phi) is 3.33. The van der Waals surface area contributed by atoms with E-state index in [-0.39, 0.29) is 5.91 Å². The smallest absolute Gasteiger partial charge is 0.245 e. The lowest BCUT2D eigenvalue weighted by atomic mass is 9.91. The highest BCUT2D eigenvalue weighted by Crippen LogP contribution is 2.24. The van der Waals surface area contributed by atoms with E-state index >= 15 is 0 Å². The third-order valence-corrected chi connectivity index (χ3v) is 3.15. The number of nitrogens with two attached hydrogens (primary N) is 1. The first-order valence-electron chi connectivity index (χ1n) is 5.85. The molecule has 1 aromatic rings. The molecule has 3 N–H and O–H groups in total. The minimum Gasteiger partial charge on any atom is -0.378 e. The van der Waals surface area contributed by atoms with Crippen molar-refractivity contribution in [2.24, 2.45) is 5.73 Å². The number of aryl methyl sites for hydroxylation is 1. The minimum atomic E-state index is -0.756. The number of anilines is 1.